The van der Waals surface area contributed by atoms with Crippen molar-refractivity contribution in [2.75, 3.05) is 0 Å². The largest absolute Gasteiger partial charge is 0.309 e. The van der Waals surface area contributed by atoms with Gasteiger partial charge in [-0.05, 0) is 64.4 Å². The third-order valence-corrected chi connectivity index (χ3v) is 8.67. The molecule has 2 nitrogen and oxygen atoms in total. The maximum atomic E-state index is 2.49. The molecule has 196 valence electrons. The van der Waals surface area contributed by atoms with Gasteiger partial charge in [-0.25, -0.2) is 0 Å². The van der Waals surface area contributed by atoms with E-state index in [0.717, 1.165) is 0 Å². The molecule has 2 aromatic heterocycles. The Labute approximate surface area is 243 Å². The predicted octanol–water partition coefficient (Wildman–Crippen LogP) is 10.7. The van der Waals surface area contributed by atoms with Gasteiger partial charge >= 0.3 is 0 Å². The fraction of sp³-hybridized carbons (Fsp3) is 0. The minimum absolute atomic E-state index is 1.17. The molecule has 0 spiro atoms. The Balaban J connectivity index is 1.49. The van der Waals surface area contributed by atoms with Crippen molar-refractivity contribution >= 4 is 54.4 Å². The maximum Gasteiger partial charge on any atom is 0.0641 e. The average molecular weight is 535 g/mol. The molecule has 0 amide bonds. The quantitative estimate of drug-likeness (QED) is 0.213. The fourth-order valence-corrected chi connectivity index (χ4v) is 6.91. The van der Waals surface area contributed by atoms with E-state index in [9.17, 15) is 0 Å². The van der Waals surface area contributed by atoms with E-state index in [2.05, 4.69) is 167 Å². The van der Waals surface area contributed by atoms with Gasteiger partial charge in [0.15, 0.2) is 0 Å². The summed E-state index contributed by atoms with van der Waals surface area (Å²) in [4.78, 5) is 0. The van der Waals surface area contributed by atoms with Gasteiger partial charge in [0.25, 0.3) is 0 Å². The highest BCUT2D eigenvalue weighted by atomic mass is 15.0. The van der Waals surface area contributed by atoms with Gasteiger partial charge < -0.3 is 9.13 Å². The van der Waals surface area contributed by atoms with E-state index in [4.69, 9.17) is 0 Å². The lowest BCUT2D eigenvalue weighted by atomic mass is 9.97. The molecule has 42 heavy (non-hydrogen) atoms. The molecule has 0 radical (unpaired) electrons. The van der Waals surface area contributed by atoms with Crippen LogP contribution in [0.4, 0.5) is 0 Å². The number of benzene rings is 7. The molecule has 0 bridgehead atoms. The van der Waals surface area contributed by atoms with E-state index in [1.807, 2.05) is 0 Å². The third-order valence-electron chi connectivity index (χ3n) is 8.67. The van der Waals surface area contributed by atoms with Crippen LogP contribution in [-0.2, 0) is 0 Å². The van der Waals surface area contributed by atoms with Crippen LogP contribution in [-0.4, -0.2) is 9.13 Å². The van der Waals surface area contributed by atoms with Crippen LogP contribution in [0.1, 0.15) is 0 Å². The summed E-state index contributed by atoms with van der Waals surface area (Å²) in [5.74, 6) is 0. The van der Waals surface area contributed by atoms with Crippen molar-refractivity contribution in [1.29, 1.82) is 0 Å². The molecule has 2 heteroatoms. The molecular formula is C40H26N2. The molecule has 7 aromatic carbocycles. The number of rotatable bonds is 3. The zero-order chi connectivity index (χ0) is 27.6. The Morgan fingerprint density at radius 3 is 1.76 bits per heavy atom. The van der Waals surface area contributed by atoms with Crippen LogP contribution in [0.2, 0.25) is 0 Å². The molecule has 0 aliphatic carbocycles. The van der Waals surface area contributed by atoms with Gasteiger partial charge in [-0.2, -0.15) is 0 Å². The van der Waals surface area contributed by atoms with Gasteiger partial charge in [0, 0.05) is 32.9 Å². The van der Waals surface area contributed by atoms with Crippen LogP contribution in [0.3, 0.4) is 0 Å². The minimum Gasteiger partial charge on any atom is -0.309 e. The second-order valence-corrected chi connectivity index (χ2v) is 11.0. The molecule has 0 fully saturated rings. The van der Waals surface area contributed by atoms with Crippen molar-refractivity contribution in [3.8, 4) is 22.5 Å². The fourth-order valence-electron chi connectivity index (χ4n) is 6.91. The molecular weight excluding hydrogens is 508 g/mol. The normalized spacial score (nSPS) is 11.8. The Bertz CT molecular complexity index is 2440. The molecule has 0 saturated carbocycles. The predicted molar refractivity (Wildman–Crippen MR) is 178 cm³/mol. The van der Waals surface area contributed by atoms with Crippen LogP contribution in [0, 0.1) is 0 Å². The molecule has 2 heterocycles. The summed E-state index contributed by atoms with van der Waals surface area (Å²) in [5.41, 5.74) is 9.69. The first-order valence-electron chi connectivity index (χ1n) is 14.5. The molecule has 0 aliphatic heterocycles. The van der Waals surface area contributed by atoms with Gasteiger partial charge in [-0.3, -0.25) is 0 Å². The summed E-state index contributed by atoms with van der Waals surface area (Å²) in [6, 6.07) is 57.2. The third kappa shape index (κ3) is 3.27. The van der Waals surface area contributed by atoms with E-state index >= 15 is 0 Å². The van der Waals surface area contributed by atoms with Crippen molar-refractivity contribution in [2.24, 2.45) is 0 Å². The standard InChI is InChI=1S/C40H26N2/c1-3-13-27(14-4-1)35-26-30(25-28-15-7-8-18-31(28)35)42-36-21-11-9-19-32(36)33-23-24-38-39(40(33)42)34-20-10-12-22-37(34)41(38)29-16-5-2-6-17-29/h1-26H. The molecule has 0 unspecified atom stereocenters. The van der Waals surface area contributed by atoms with E-state index < -0.39 is 0 Å². The van der Waals surface area contributed by atoms with Gasteiger partial charge in [-0.1, -0.05) is 115 Å². The number of hydrogen-bond acceptors (Lipinski definition) is 0. The molecule has 0 saturated heterocycles. The van der Waals surface area contributed by atoms with E-state index in [1.54, 1.807) is 0 Å². The molecule has 0 atom stereocenters. The number of fused-ring (bicyclic) bond motifs is 8. The highest BCUT2D eigenvalue weighted by Gasteiger charge is 2.21. The van der Waals surface area contributed by atoms with E-state index in [1.165, 1.54) is 76.9 Å². The summed E-state index contributed by atoms with van der Waals surface area (Å²) in [6.07, 6.45) is 0. The van der Waals surface area contributed by atoms with Crippen molar-refractivity contribution in [3.63, 3.8) is 0 Å². The lowest BCUT2D eigenvalue weighted by Crippen LogP contribution is -1.96. The topological polar surface area (TPSA) is 9.86 Å². The van der Waals surface area contributed by atoms with Crippen LogP contribution in [0.5, 0.6) is 0 Å². The van der Waals surface area contributed by atoms with E-state index in [-0.39, 0.29) is 0 Å². The summed E-state index contributed by atoms with van der Waals surface area (Å²) in [6.45, 7) is 0. The second-order valence-electron chi connectivity index (χ2n) is 11.0. The average Bonchev–Trinajstić information content (AvgIpc) is 3.58. The van der Waals surface area contributed by atoms with Gasteiger partial charge in [-0.15, -0.1) is 0 Å². The van der Waals surface area contributed by atoms with E-state index in [0.29, 0.717) is 0 Å². The van der Waals surface area contributed by atoms with Crippen LogP contribution < -0.4 is 0 Å². The summed E-state index contributed by atoms with van der Waals surface area (Å²) >= 11 is 0. The molecule has 0 N–H and O–H groups in total. The van der Waals surface area contributed by atoms with Crippen LogP contribution in [0.15, 0.2) is 158 Å². The summed E-state index contributed by atoms with van der Waals surface area (Å²) in [7, 11) is 0. The monoisotopic (exact) mass is 534 g/mol. The first kappa shape index (κ1) is 23.1. The summed E-state index contributed by atoms with van der Waals surface area (Å²) < 4.78 is 4.90. The molecule has 9 aromatic rings. The Morgan fingerprint density at radius 1 is 0.357 bits per heavy atom. The maximum absolute atomic E-state index is 2.49. The SMILES string of the molecule is c1ccc(-c2cc(-n3c4ccccc4c4ccc5c(c6ccccc6n5-c5ccccc5)c43)cc3ccccc23)cc1. The molecule has 9 rings (SSSR count). The smallest absolute Gasteiger partial charge is 0.0641 e. The summed E-state index contributed by atoms with van der Waals surface area (Å²) in [5, 5.41) is 7.56. The highest BCUT2D eigenvalue weighted by Crippen LogP contribution is 2.43. The number of nitrogens with zero attached hydrogens (tertiary/aromatic N) is 2. The minimum atomic E-state index is 1.17. The number of aromatic nitrogens is 2. The highest BCUT2D eigenvalue weighted by molar-refractivity contribution is 6.26. The molecule has 0 aliphatic rings. The zero-order valence-corrected chi connectivity index (χ0v) is 22.9. The first-order chi connectivity index (χ1) is 20.9. The van der Waals surface area contributed by atoms with Crippen molar-refractivity contribution in [1.82, 2.24) is 9.13 Å². The number of hydrogen-bond donors (Lipinski definition) is 0. The van der Waals surface area contributed by atoms with Crippen molar-refractivity contribution in [3.05, 3.63) is 158 Å². The van der Waals surface area contributed by atoms with Crippen LogP contribution in [0.25, 0.3) is 76.9 Å². The lowest BCUT2D eigenvalue weighted by Gasteiger charge is -2.14. The Morgan fingerprint density at radius 2 is 0.976 bits per heavy atom. The Hall–Kier alpha value is -5.60. The zero-order valence-electron chi connectivity index (χ0n) is 22.9. The first-order valence-corrected chi connectivity index (χ1v) is 14.5. The van der Waals surface area contributed by atoms with Gasteiger partial charge in [0.2, 0.25) is 0 Å². The number of para-hydroxylation sites is 3. The lowest BCUT2D eigenvalue weighted by molar-refractivity contribution is 1.18. The van der Waals surface area contributed by atoms with Gasteiger partial charge in [0.1, 0.15) is 0 Å². The second kappa shape index (κ2) is 8.95. The van der Waals surface area contributed by atoms with Gasteiger partial charge in [0.05, 0.1) is 22.1 Å². The Kier molecular flexibility index (Phi) is 4.93. The van der Waals surface area contributed by atoms with Crippen molar-refractivity contribution < 1.29 is 0 Å². The van der Waals surface area contributed by atoms with Crippen LogP contribution >= 0.6 is 0 Å². The van der Waals surface area contributed by atoms with Crippen molar-refractivity contribution in [2.45, 2.75) is 0 Å².